The van der Waals surface area contributed by atoms with Crippen LogP contribution < -0.4 is 5.32 Å². The Bertz CT molecular complexity index is 469. The van der Waals surface area contributed by atoms with Crippen molar-refractivity contribution >= 4 is 22.9 Å². The Labute approximate surface area is 111 Å². The summed E-state index contributed by atoms with van der Waals surface area (Å²) in [6.45, 7) is 2.21. The SMILES string of the molecule is CNC(c1ccc(Cl)s1)C(C)c1ccncc1. The van der Waals surface area contributed by atoms with E-state index in [-0.39, 0.29) is 6.04 Å². The maximum Gasteiger partial charge on any atom is 0.0931 e. The molecule has 2 atom stereocenters. The molecule has 2 heterocycles. The Balaban J connectivity index is 2.25. The fraction of sp³-hybridized carbons (Fsp3) is 0.308. The van der Waals surface area contributed by atoms with E-state index in [9.17, 15) is 0 Å². The topological polar surface area (TPSA) is 24.9 Å². The minimum atomic E-state index is 0.287. The van der Waals surface area contributed by atoms with Gasteiger partial charge in [-0.1, -0.05) is 18.5 Å². The number of nitrogens with one attached hydrogen (secondary N) is 1. The van der Waals surface area contributed by atoms with Crippen LogP contribution in [0.15, 0.2) is 36.7 Å². The molecule has 0 bridgehead atoms. The van der Waals surface area contributed by atoms with Gasteiger partial charge in [0.25, 0.3) is 0 Å². The van der Waals surface area contributed by atoms with Crippen LogP contribution in [0.25, 0.3) is 0 Å². The third-order valence-electron chi connectivity index (χ3n) is 2.94. The first kappa shape index (κ1) is 12.6. The van der Waals surface area contributed by atoms with Gasteiger partial charge in [0.05, 0.1) is 4.34 Å². The number of thiophene rings is 1. The van der Waals surface area contributed by atoms with E-state index < -0.39 is 0 Å². The van der Waals surface area contributed by atoms with Crippen molar-refractivity contribution in [1.82, 2.24) is 10.3 Å². The minimum absolute atomic E-state index is 0.287. The van der Waals surface area contributed by atoms with E-state index in [0.29, 0.717) is 5.92 Å². The predicted octanol–water partition coefficient (Wildman–Crippen LogP) is 3.86. The lowest BCUT2D eigenvalue weighted by Gasteiger charge is -2.22. The van der Waals surface area contributed by atoms with Crippen molar-refractivity contribution in [3.05, 3.63) is 51.4 Å². The number of hydrogen-bond donors (Lipinski definition) is 1. The van der Waals surface area contributed by atoms with Gasteiger partial charge >= 0.3 is 0 Å². The van der Waals surface area contributed by atoms with Crippen LogP contribution in [-0.4, -0.2) is 12.0 Å². The van der Waals surface area contributed by atoms with Crippen LogP contribution >= 0.6 is 22.9 Å². The molecule has 2 nitrogen and oxygen atoms in total. The van der Waals surface area contributed by atoms with E-state index in [1.807, 2.05) is 25.5 Å². The molecule has 0 spiro atoms. The second-order valence-electron chi connectivity index (χ2n) is 3.98. The Hall–Kier alpha value is -0.900. The summed E-state index contributed by atoms with van der Waals surface area (Å²) in [5.41, 5.74) is 1.28. The van der Waals surface area contributed by atoms with Crippen LogP contribution in [0.4, 0.5) is 0 Å². The zero-order valence-corrected chi connectivity index (χ0v) is 11.4. The lowest BCUT2D eigenvalue weighted by molar-refractivity contribution is 0.515. The normalized spacial score (nSPS) is 14.5. The first-order valence-electron chi connectivity index (χ1n) is 5.55. The van der Waals surface area contributed by atoms with Crippen molar-refractivity contribution in [1.29, 1.82) is 0 Å². The quantitative estimate of drug-likeness (QED) is 0.909. The van der Waals surface area contributed by atoms with E-state index >= 15 is 0 Å². The lowest BCUT2D eigenvalue weighted by atomic mass is 9.93. The summed E-state index contributed by atoms with van der Waals surface area (Å²) in [7, 11) is 1.98. The van der Waals surface area contributed by atoms with Crippen molar-refractivity contribution in [3.8, 4) is 0 Å². The van der Waals surface area contributed by atoms with Crippen molar-refractivity contribution < 1.29 is 0 Å². The maximum atomic E-state index is 5.99. The highest BCUT2D eigenvalue weighted by atomic mass is 35.5. The summed E-state index contributed by atoms with van der Waals surface area (Å²) >= 11 is 7.62. The summed E-state index contributed by atoms with van der Waals surface area (Å²) in [4.78, 5) is 5.32. The molecule has 0 saturated carbocycles. The molecular weight excluding hydrogens is 252 g/mol. The highest BCUT2D eigenvalue weighted by molar-refractivity contribution is 7.16. The third-order valence-corrected chi connectivity index (χ3v) is 4.26. The molecule has 0 radical (unpaired) electrons. The van der Waals surface area contributed by atoms with E-state index in [1.165, 1.54) is 10.4 Å². The van der Waals surface area contributed by atoms with Crippen LogP contribution in [0.5, 0.6) is 0 Å². The average molecular weight is 267 g/mol. The number of hydrogen-bond acceptors (Lipinski definition) is 3. The maximum absolute atomic E-state index is 5.99. The average Bonchev–Trinajstić information content (AvgIpc) is 2.78. The van der Waals surface area contributed by atoms with Crippen LogP contribution in [0, 0.1) is 0 Å². The summed E-state index contributed by atoms with van der Waals surface area (Å²) in [6, 6.07) is 8.45. The first-order valence-corrected chi connectivity index (χ1v) is 6.74. The van der Waals surface area contributed by atoms with E-state index in [4.69, 9.17) is 11.6 Å². The van der Waals surface area contributed by atoms with Gasteiger partial charge in [0, 0.05) is 29.2 Å². The number of pyridine rings is 1. The molecule has 0 aromatic carbocycles. The molecule has 0 aliphatic carbocycles. The van der Waals surface area contributed by atoms with Crippen molar-refractivity contribution in [2.45, 2.75) is 18.9 Å². The van der Waals surface area contributed by atoms with Crippen LogP contribution in [0.1, 0.15) is 29.3 Å². The minimum Gasteiger partial charge on any atom is -0.312 e. The number of likely N-dealkylation sites (N-methyl/N-ethyl adjacent to an activating group) is 1. The first-order chi connectivity index (χ1) is 8.22. The summed E-state index contributed by atoms with van der Waals surface area (Å²) in [6.07, 6.45) is 3.67. The van der Waals surface area contributed by atoms with Gasteiger partial charge in [0.15, 0.2) is 0 Å². The summed E-state index contributed by atoms with van der Waals surface area (Å²) < 4.78 is 0.835. The van der Waals surface area contributed by atoms with Gasteiger partial charge in [-0.2, -0.15) is 0 Å². The second-order valence-corrected chi connectivity index (χ2v) is 5.72. The molecule has 1 N–H and O–H groups in total. The van der Waals surface area contributed by atoms with Gasteiger partial charge in [0.1, 0.15) is 0 Å². The monoisotopic (exact) mass is 266 g/mol. The van der Waals surface area contributed by atoms with E-state index in [1.54, 1.807) is 11.3 Å². The molecule has 4 heteroatoms. The van der Waals surface area contributed by atoms with Crippen LogP contribution in [-0.2, 0) is 0 Å². The predicted molar refractivity (Wildman–Crippen MR) is 73.8 cm³/mol. The van der Waals surface area contributed by atoms with Gasteiger partial charge < -0.3 is 5.32 Å². The van der Waals surface area contributed by atoms with Crippen LogP contribution in [0.2, 0.25) is 4.34 Å². The molecule has 90 valence electrons. The molecule has 0 amide bonds. The fourth-order valence-electron chi connectivity index (χ4n) is 1.99. The van der Waals surface area contributed by atoms with Gasteiger partial charge in [-0.25, -0.2) is 0 Å². The zero-order valence-electron chi connectivity index (χ0n) is 9.85. The summed E-state index contributed by atoms with van der Waals surface area (Å²) in [5, 5.41) is 3.36. The Morgan fingerprint density at radius 1 is 1.24 bits per heavy atom. The van der Waals surface area contributed by atoms with Crippen molar-refractivity contribution in [2.75, 3.05) is 7.05 Å². The summed E-state index contributed by atoms with van der Waals surface area (Å²) in [5.74, 6) is 0.387. The standard InChI is InChI=1S/C13H15ClN2S/c1-9(10-5-7-16-8-6-10)13(15-2)11-3-4-12(14)17-11/h3-9,13,15H,1-2H3. The van der Waals surface area contributed by atoms with E-state index in [0.717, 1.165) is 4.34 Å². The highest BCUT2D eigenvalue weighted by Gasteiger charge is 2.20. The Morgan fingerprint density at radius 2 is 1.94 bits per heavy atom. The van der Waals surface area contributed by atoms with Gasteiger partial charge in [-0.15, -0.1) is 11.3 Å². The molecule has 0 saturated heterocycles. The van der Waals surface area contributed by atoms with Gasteiger partial charge in [-0.05, 0) is 36.9 Å². The molecule has 2 rings (SSSR count). The van der Waals surface area contributed by atoms with Gasteiger partial charge in [-0.3, -0.25) is 4.98 Å². The molecule has 0 aliphatic rings. The zero-order chi connectivity index (χ0) is 12.3. The molecule has 0 fully saturated rings. The molecule has 2 unspecified atom stereocenters. The van der Waals surface area contributed by atoms with Crippen LogP contribution in [0.3, 0.4) is 0 Å². The molecule has 0 aliphatic heterocycles. The smallest absolute Gasteiger partial charge is 0.0931 e. The molecular formula is C13H15ClN2S. The van der Waals surface area contributed by atoms with Crippen molar-refractivity contribution in [3.63, 3.8) is 0 Å². The third kappa shape index (κ3) is 2.86. The molecule has 2 aromatic heterocycles. The number of rotatable bonds is 4. The van der Waals surface area contributed by atoms with Crippen molar-refractivity contribution in [2.24, 2.45) is 0 Å². The molecule has 2 aromatic rings. The Morgan fingerprint density at radius 3 is 2.47 bits per heavy atom. The lowest BCUT2D eigenvalue weighted by Crippen LogP contribution is -2.21. The largest absolute Gasteiger partial charge is 0.312 e. The number of nitrogens with zero attached hydrogens (tertiary/aromatic N) is 1. The number of halogens is 1. The Kier molecular flexibility index (Phi) is 4.15. The number of aromatic nitrogens is 1. The second kappa shape index (κ2) is 5.63. The van der Waals surface area contributed by atoms with E-state index in [2.05, 4.69) is 35.4 Å². The van der Waals surface area contributed by atoms with Gasteiger partial charge in [0.2, 0.25) is 0 Å². The molecule has 17 heavy (non-hydrogen) atoms. The highest BCUT2D eigenvalue weighted by Crippen LogP contribution is 2.35. The fourth-order valence-corrected chi connectivity index (χ4v) is 3.27.